The van der Waals surface area contributed by atoms with Crippen molar-refractivity contribution in [1.82, 2.24) is 4.98 Å². The van der Waals surface area contributed by atoms with Gasteiger partial charge >= 0.3 is 0 Å². The number of anilines is 2. The number of halogens is 1. The maximum atomic E-state index is 6.13. The minimum atomic E-state index is 0.766. The van der Waals surface area contributed by atoms with E-state index in [2.05, 4.69) is 35.4 Å². The Morgan fingerprint density at radius 3 is 2.68 bits per heavy atom. The molecule has 3 rings (SSSR count). The number of aromatic nitrogens is 1. The topological polar surface area (TPSA) is 24.9 Å². The van der Waals surface area contributed by atoms with E-state index >= 15 is 0 Å². The second-order valence-corrected chi connectivity index (χ2v) is 5.92. The smallest absolute Gasteiger partial charge is 0.188 e. The van der Waals surface area contributed by atoms with Crippen molar-refractivity contribution in [3.63, 3.8) is 0 Å². The Morgan fingerprint density at radius 1 is 1.11 bits per heavy atom. The summed E-state index contributed by atoms with van der Waals surface area (Å²) in [4.78, 5) is 4.64. The Bertz CT molecular complexity index is 749. The zero-order chi connectivity index (χ0) is 13.4. The number of nitrogens with one attached hydrogen (secondary N) is 1. The largest absolute Gasteiger partial charge is 0.331 e. The second-order valence-electron chi connectivity index (χ2n) is 4.48. The molecule has 0 atom stereocenters. The van der Waals surface area contributed by atoms with E-state index in [1.807, 2.05) is 25.1 Å². The summed E-state index contributed by atoms with van der Waals surface area (Å²) in [7, 11) is 0. The van der Waals surface area contributed by atoms with Crippen LogP contribution in [-0.2, 0) is 0 Å². The molecule has 0 saturated heterocycles. The van der Waals surface area contributed by atoms with Crippen LogP contribution in [0, 0.1) is 13.8 Å². The molecular weight excluding hydrogens is 276 g/mol. The SMILES string of the molecule is Cc1c(Cl)cccc1Nc1nc2c(C)cccc2s1. The van der Waals surface area contributed by atoms with Gasteiger partial charge in [0.15, 0.2) is 5.13 Å². The zero-order valence-corrected chi connectivity index (χ0v) is 12.3. The van der Waals surface area contributed by atoms with Crippen molar-refractivity contribution in [3.8, 4) is 0 Å². The van der Waals surface area contributed by atoms with E-state index in [1.54, 1.807) is 11.3 Å². The number of thiazole rings is 1. The maximum absolute atomic E-state index is 6.13. The molecular formula is C15H13ClN2S. The first-order chi connectivity index (χ1) is 9.15. The van der Waals surface area contributed by atoms with Gasteiger partial charge in [-0.1, -0.05) is 41.1 Å². The molecule has 2 aromatic carbocycles. The average Bonchev–Trinajstić information content (AvgIpc) is 2.79. The normalized spacial score (nSPS) is 10.9. The van der Waals surface area contributed by atoms with Gasteiger partial charge in [0.1, 0.15) is 0 Å². The quantitative estimate of drug-likeness (QED) is 0.691. The predicted molar refractivity (Wildman–Crippen MR) is 83.8 cm³/mol. The first kappa shape index (κ1) is 12.5. The summed E-state index contributed by atoms with van der Waals surface area (Å²) in [6.07, 6.45) is 0. The van der Waals surface area contributed by atoms with Crippen molar-refractivity contribution in [2.75, 3.05) is 5.32 Å². The molecule has 0 saturated carbocycles. The van der Waals surface area contributed by atoms with Gasteiger partial charge in [-0.3, -0.25) is 0 Å². The summed E-state index contributed by atoms with van der Waals surface area (Å²) in [5.41, 5.74) is 4.31. The highest BCUT2D eigenvalue weighted by molar-refractivity contribution is 7.22. The van der Waals surface area contributed by atoms with E-state index in [9.17, 15) is 0 Å². The fourth-order valence-corrected chi connectivity index (χ4v) is 3.13. The van der Waals surface area contributed by atoms with Gasteiger partial charge in [-0.05, 0) is 43.2 Å². The molecule has 0 unspecified atom stereocenters. The van der Waals surface area contributed by atoms with Crippen molar-refractivity contribution < 1.29 is 0 Å². The molecule has 0 amide bonds. The van der Waals surface area contributed by atoms with Crippen molar-refractivity contribution >= 4 is 44.0 Å². The highest BCUT2D eigenvalue weighted by Crippen LogP contribution is 2.32. The van der Waals surface area contributed by atoms with Crippen LogP contribution in [0.4, 0.5) is 10.8 Å². The Balaban J connectivity index is 2.02. The first-order valence-electron chi connectivity index (χ1n) is 6.03. The molecule has 1 N–H and O–H groups in total. The summed E-state index contributed by atoms with van der Waals surface area (Å²) in [5.74, 6) is 0. The molecule has 0 aliphatic rings. The van der Waals surface area contributed by atoms with Crippen molar-refractivity contribution in [1.29, 1.82) is 0 Å². The summed E-state index contributed by atoms with van der Waals surface area (Å²) < 4.78 is 1.20. The number of fused-ring (bicyclic) bond motifs is 1. The Labute approximate surface area is 121 Å². The number of nitrogens with zero attached hydrogens (tertiary/aromatic N) is 1. The molecule has 0 bridgehead atoms. The minimum Gasteiger partial charge on any atom is -0.331 e. The summed E-state index contributed by atoms with van der Waals surface area (Å²) >= 11 is 7.78. The van der Waals surface area contributed by atoms with Crippen LogP contribution < -0.4 is 5.32 Å². The van der Waals surface area contributed by atoms with Gasteiger partial charge in [-0.2, -0.15) is 0 Å². The summed E-state index contributed by atoms with van der Waals surface area (Å²) in [5, 5.41) is 5.02. The molecule has 19 heavy (non-hydrogen) atoms. The molecule has 1 aromatic heterocycles. The molecule has 0 radical (unpaired) electrons. The molecule has 0 aliphatic heterocycles. The van der Waals surface area contributed by atoms with Crippen molar-refractivity contribution in [3.05, 3.63) is 52.5 Å². The fraction of sp³-hybridized carbons (Fsp3) is 0.133. The van der Waals surface area contributed by atoms with Crippen LogP contribution >= 0.6 is 22.9 Å². The van der Waals surface area contributed by atoms with E-state index in [4.69, 9.17) is 11.6 Å². The Morgan fingerprint density at radius 2 is 1.89 bits per heavy atom. The average molecular weight is 289 g/mol. The number of aryl methyl sites for hydroxylation is 1. The summed E-state index contributed by atoms with van der Waals surface area (Å²) in [6, 6.07) is 12.1. The molecule has 0 aliphatic carbocycles. The maximum Gasteiger partial charge on any atom is 0.188 e. The molecule has 3 aromatic rings. The van der Waals surface area contributed by atoms with Gasteiger partial charge in [0.05, 0.1) is 10.2 Å². The van der Waals surface area contributed by atoms with Crippen LogP contribution in [0.25, 0.3) is 10.2 Å². The highest BCUT2D eigenvalue weighted by Gasteiger charge is 2.08. The lowest BCUT2D eigenvalue weighted by Crippen LogP contribution is -1.92. The number of hydrogen-bond acceptors (Lipinski definition) is 3. The third-order valence-corrected chi connectivity index (χ3v) is 4.48. The lowest BCUT2D eigenvalue weighted by Gasteiger charge is -2.07. The van der Waals surface area contributed by atoms with Crippen LogP contribution in [-0.4, -0.2) is 4.98 Å². The molecule has 4 heteroatoms. The van der Waals surface area contributed by atoms with Crippen LogP contribution in [0.15, 0.2) is 36.4 Å². The van der Waals surface area contributed by atoms with Gasteiger partial charge in [0.2, 0.25) is 0 Å². The standard InChI is InChI=1S/C15H13ClN2S/c1-9-5-3-8-13-14(9)18-15(19-13)17-12-7-4-6-11(16)10(12)2/h3-8H,1-2H3,(H,17,18). The minimum absolute atomic E-state index is 0.766. The lowest BCUT2D eigenvalue weighted by atomic mass is 10.2. The van der Waals surface area contributed by atoms with Crippen molar-refractivity contribution in [2.24, 2.45) is 0 Å². The van der Waals surface area contributed by atoms with Crippen LogP contribution in [0.3, 0.4) is 0 Å². The first-order valence-corrected chi connectivity index (χ1v) is 7.23. The zero-order valence-electron chi connectivity index (χ0n) is 10.7. The van der Waals surface area contributed by atoms with Gasteiger partial charge in [0.25, 0.3) is 0 Å². The van der Waals surface area contributed by atoms with Crippen LogP contribution in [0.1, 0.15) is 11.1 Å². The van der Waals surface area contributed by atoms with Crippen LogP contribution in [0.2, 0.25) is 5.02 Å². The third-order valence-electron chi connectivity index (χ3n) is 3.13. The third kappa shape index (κ3) is 2.31. The van der Waals surface area contributed by atoms with Gasteiger partial charge in [0, 0.05) is 10.7 Å². The van der Waals surface area contributed by atoms with E-state index in [-0.39, 0.29) is 0 Å². The van der Waals surface area contributed by atoms with E-state index < -0.39 is 0 Å². The van der Waals surface area contributed by atoms with E-state index in [0.29, 0.717) is 0 Å². The summed E-state index contributed by atoms with van der Waals surface area (Å²) in [6.45, 7) is 4.08. The van der Waals surface area contributed by atoms with Gasteiger partial charge in [-0.25, -0.2) is 4.98 Å². The van der Waals surface area contributed by atoms with E-state index in [0.717, 1.165) is 26.9 Å². The number of rotatable bonds is 2. The Kier molecular flexibility index (Phi) is 3.17. The number of benzene rings is 2. The van der Waals surface area contributed by atoms with Gasteiger partial charge < -0.3 is 5.32 Å². The van der Waals surface area contributed by atoms with Crippen LogP contribution in [0.5, 0.6) is 0 Å². The monoisotopic (exact) mass is 288 g/mol. The molecule has 1 heterocycles. The number of hydrogen-bond donors (Lipinski definition) is 1. The Hall–Kier alpha value is -1.58. The molecule has 0 spiro atoms. The van der Waals surface area contributed by atoms with E-state index in [1.165, 1.54) is 10.3 Å². The highest BCUT2D eigenvalue weighted by atomic mass is 35.5. The molecule has 2 nitrogen and oxygen atoms in total. The lowest BCUT2D eigenvalue weighted by molar-refractivity contribution is 1.38. The molecule has 0 fully saturated rings. The second kappa shape index (κ2) is 4.83. The van der Waals surface area contributed by atoms with Gasteiger partial charge in [-0.15, -0.1) is 0 Å². The van der Waals surface area contributed by atoms with Crippen molar-refractivity contribution in [2.45, 2.75) is 13.8 Å². The number of para-hydroxylation sites is 1. The predicted octanol–water partition coefficient (Wildman–Crippen LogP) is 5.31. The molecule has 96 valence electrons. The fourth-order valence-electron chi connectivity index (χ4n) is 2.00.